The molecule has 4 aromatic rings. The third kappa shape index (κ3) is 2.38. The van der Waals surface area contributed by atoms with Crippen LogP contribution in [0.4, 0.5) is 4.39 Å². The van der Waals surface area contributed by atoms with Crippen LogP contribution < -0.4 is 0 Å². The van der Waals surface area contributed by atoms with Gasteiger partial charge >= 0.3 is 0 Å². The van der Waals surface area contributed by atoms with Crippen molar-refractivity contribution in [3.63, 3.8) is 0 Å². The average Bonchev–Trinajstić information content (AvgIpc) is 3.38. The lowest BCUT2D eigenvalue weighted by molar-refractivity contribution is 0.628. The van der Waals surface area contributed by atoms with E-state index in [-0.39, 0.29) is 5.82 Å². The Bertz CT molecular complexity index is 1070. The SMILES string of the molecule is Fc1ccc(-c2cnc3[nH]ncc3c2-c2cncnc2C2CC2)cc1. The molecule has 0 radical (unpaired) electrons. The van der Waals surface area contributed by atoms with E-state index < -0.39 is 0 Å². The molecule has 5 rings (SSSR count). The molecular formula is C19H14FN5. The summed E-state index contributed by atoms with van der Waals surface area (Å²) in [6.07, 6.45) is 9.32. The number of aromatic amines is 1. The van der Waals surface area contributed by atoms with Gasteiger partial charge in [0.2, 0.25) is 0 Å². The van der Waals surface area contributed by atoms with E-state index in [2.05, 4.69) is 25.1 Å². The molecule has 1 aliphatic carbocycles. The number of pyridine rings is 1. The maximum Gasteiger partial charge on any atom is 0.155 e. The van der Waals surface area contributed by atoms with Crippen LogP contribution in [0.5, 0.6) is 0 Å². The normalized spacial score (nSPS) is 14.1. The molecule has 122 valence electrons. The Morgan fingerprint density at radius 3 is 2.60 bits per heavy atom. The van der Waals surface area contributed by atoms with Gasteiger partial charge in [-0.1, -0.05) is 12.1 Å². The Labute approximate surface area is 143 Å². The predicted molar refractivity (Wildman–Crippen MR) is 92.3 cm³/mol. The van der Waals surface area contributed by atoms with Gasteiger partial charge in [0.05, 0.1) is 11.9 Å². The van der Waals surface area contributed by atoms with Crippen LogP contribution in [0.1, 0.15) is 24.5 Å². The molecular weight excluding hydrogens is 317 g/mol. The minimum atomic E-state index is -0.260. The van der Waals surface area contributed by atoms with Crippen molar-refractivity contribution < 1.29 is 4.39 Å². The van der Waals surface area contributed by atoms with Gasteiger partial charge in [-0.3, -0.25) is 5.10 Å². The molecule has 1 saturated carbocycles. The topological polar surface area (TPSA) is 67.3 Å². The molecule has 0 spiro atoms. The van der Waals surface area contributed by atoms with E-state index in [4.69, 9.17) is 0 Å². The molecule has 6 heteroatoms. The number of aromatic nitrogens is 5. The molecule has 0 saturated heterocycles. The summed E-state index contributed by atoms with van der Waals surface area (Å²) in [4.78, 5) is 13.2. The second-order valence-corrected chi connectivity index (χ2v) is 6.28. The molecule has 1 aliphatic rings. The van der Waals surface area contributed by atoms with Crippen molar-refractivity contribution in [2.75, 3.05) is 0 Å². The molecule has 1 fully saturated rings. The lowest BCUT2D eigenvalue weighted by Gasteiger charge is -2.13. The predicted octanol–water partition coefficient (Wildman–Crippen LogP) is 4.10. The van der Waals surface area contributed by atoms with Crippen LogP contribution >= 0.6 is 0 Å². The van der Waals surface area contributed by atoms with Crippen molar-refractivity contribution in [3.05, 3.63) is 60.7 Å². The lowest BCUT2D eigenvalue weighted by atomic mass is 9.93. The van der Waals surface area contributed by atoms with Crippen LogP contribution in [0.25, 0.3) is 33.3 Å². The van der Waals surface area contributed by atoms with Gasteiger partial charge in [-0.2, -0.15) is 5.10 Å². The third-order valence-electron chi connectivity index (χ3n) is 4.61. The van der Waals surface area contributed by atoms with Crippen LogP contribution in [0, 0.1) is 5.82 Å². The zero-order chi connectivity index (χ0) is 16.8. The third-order valence-corrected chi connectivity index (χ3v) is 4.61. The van der Waals surface area contributed by atoms with E-state index in [1.165, 1.54) is 12.1 Å². The molecule has 0 unspecified atom stereocenters. The second kappa shape index (κ2) is 5.44. The molecule has 0 bridgehead atoms. The summed E-state index contributed by atoms with van der Waals surface area (Å²) in [5.74, 6) is 0.221. The van der Waals surface area contributed by atoms with Crippen molar-refractivity contribution in [2.45, 2.75) is 18.8 Å². The molecule has 3 aromatic heterocycles. The summed E-state index contributed by atoms with van der Waals surface area (Å²) in [5.41, 5.74) is 5.59. The maximum atomic E-state index is 13.4. The van der Waals surface area contributed by atoms with Crippen molar-refractivity contribution >= 4 is 11.0 Å². The molecule has 0 aliphatic heterocycles. The first kappa shape index (κ1) is 14.2. The molecule has 0 amide bonds. The number of nitrogens with zero attached hydrogens (tertiary/aromatic N) is 4. The van der Waals surface area contributed by atoms with Gasteiger partial charge in [0.1, 0.15) is 12.1 Å². The second-order valence-electron chi connectivity index (χ2n) is 6.28. The van der Waals surface area contributed by atoms with Gasteiger partial charge in [0, 0.05) is 40.4 Å². The van der Waals surface area contributed by atoms with Crippen LogP contribution in [-0.2, 0) is 0 Å². The zero-order valence-corrected chi connectivity index (χ0v) is 13.3. The van der Waals surface area contributed by atoms with Gasteiger partial charge < -0.3 is 0 Å². The van der Waals surface area contributed by atoms with Gasteiger partial charge in [-0.05, 0) is 30.5 Å². The number of fused-ring (bicyclic) bond motifs is 1. The Morgan fingerprint density at radius 1 is 0.960 bits per heavy atom. The van der Waals surface area contributed by atoms with Crippen LogP contribution in [0.3, 0.4) is 0 Å². The molecule has 1 aromatic carbocycles. The molecule has 5 nitrogen and oxygen atoms in total. The number of H-pyrrole nitrogens is 1. The number of hydrogen-bond acceptors (Lipinski definition) is 4. The standard InChI is InChI=1S/C19H14FN5/c20-13-5-3-11(4-6-13)14-8-22-19-16(9-24-25-19)17(14)15-7-21-10-23-18(15)12-1-2-12/h3-10,12H,1-2H2,(H,22,24,25). The van der Waals surface area contributed by atoms with Gasteiger partial charge in [0.15, 0.2) is 5.65 Å². The molecule has 0 atom stereocenters. The first-order valence-electron chi connectivity index (χ1n) is 8.19. The first-order valence-corrected chi connectivity index (χ1v) is 8.19. The van der Waals surface area contributed by atoms with Crippen LogP contribution in [0.2, 0.25) is 0 Å². The number of halogens is 1. The highest BCUT2D eigenvalue weighted by atomic mass is 19.1. The van der Waals surface area contributed by atoms with Gasteiger partial charge in [0.25, 0.3) is 0 Å². The van der Waals surface area contributed by atoms with E-state index in [0.717, 1.165) is 46.2 Å². The Kier molecular flexibility index (Phi) is 3.09. The maximum absolute atomic E-state index is 13.4. The highest BCUT2D eigenvalue weighted by Gasteiger charge is 2.29. The number of benzene rings is 1. The number of hydrogen-bond donors (Lipinski definition) is 1. The summed E-state index contributed by atoms with van der Waals surface area (Å²) in [6, 6.07) is 6.45. The van der Waals surface area contributed by atoms with Crippen molar-refractivity contribution in [1.29, 1.82) is 0 Å². The Hall–Kier alpha value is -3.15. The fraction of sp³-hybridized carbons (Fsp3) is 0.158. The summed E-state index contributed by atoms with van der Waals surface area (Å²) in [7, 11) is 0. The highest BCUT2D eigenvalue weighted by Crippen LogP contribution is 2.46. The van der Waals surface area contributed by atoms with Crippen molar-refractivity contribution in [2.24, 2.45) is 0 Å². The van der Waals surface area contributed by atoms with Crippen LogP contribution in [-0.4, -0.2) is 25.1 Å². The monoisotopic (exact) mass is 331 g/mol. The summed E-state index contributed by atoms with van der Waals surface area (Å²) in [5, 5.41) is 7.97. The summed E-state index contributed by atoms with van der Waals surface area (Å²) < 4.78 is 13.4. The largest absolute Gasteiger partial charge is 0.261 e. The fourth-order valence-corrected chi connectivity index (χ4v) is 3.25. The lowest BCUT2D eigenvalue weighted by Crippen LogP contribution is -1.97. The Balaban J connectivity index is 1.83. The number of rotatable bonds is 3. The molecule has 25 heavy (non-hydrogen) atoms. The van der Waals surface area contributed by atoms with Crippen molar-refractivity contribution in [3.8, 4) is 22.3 Å². The number of nitrogens with one attached hydrogen (secondary N) is 1. The van der Waals surface area contributed by atoms with E-state index in [1.54, 1.807) is 30.9 Å². The summed E-state index contributed by atoms with van der Waals surface area (Å²) >= 11 is 0. The van der Waals surface area contributed by atoms with E-state index in [1.807, 2.05) is 6.20 Å². The first-order chi connectivity index (χ1) is 12.3. The minimum absolute atomic E-state index is 0.260. The smallest absolute Gasteiger partial charge is 0.155 e. The molecule has 3 heterocycles. The fourth-order valence-electron chi connectivity index (χ4n) is 3.25. The van der Waals surface area contributed by atoms with Gasteiger partial charge in [-0.25, -0.2) is 19.3 Å². The summed E-state index contributed by atoms with van der Waals surface area (Å²) in [6.45, 7) is 0. The van der Waals surface area contributed by atoms with Gasteiger partial charge in [-0.15, -0.1) is 0 Å². The zero-order valence-electron chi connectivity index (χ0n) is 13.3. The van der Waals surface area contributed by atoms with E-state index >= 15 is 0 Å². The van der Waals surface area contributed by atoms with Crippen LogP contribution in [0.15, 0.2) is 49.2 Å². The Morgan fingerprint density at radius 2 is 1.80 bits per heavy atom. The highest BCUT2D eigenvalue weighted by molar-refractivity contribution is 6.01. The van der Waals surface area contributed by atoms with E-state index in [9.17, 15) is 4.39 Å². The average molecular weight is 331 g/mol. The quantitative estimate of drug-likeness (QED) is 0.614. The molecule has 1 N–H and O–H groups in total. The van der Waals surface area contributed by atoms with Crippen molar-refractivity contribution in [1.82, 2.24) is 25.1 Å². The van der Waals surface area contributed by atoms with E-state index in [0.29, 0.717) is 11.6 Å². The minimum Gasteiger partial charge on any atom is -0.261 e.